The van der Waals surface area contributed by atoms with Crippen molar-refractivity contribution >= 4 is 35.0 Å². The van der Waals surface area contributed by atoms with Gasteiger partial charge in [0.05, 0.1) is 12.8 Å². The first-order valence-corrected chi connectivity index (χ1v) is 7.06. The third kappa shape index (κ3) is 2.87. The standard InChI is InChI=1S/C17H13N3O4/c1-24-17(23)13-3-2-10-18-16(13)19-11-4-6-12(7-5-11)20-14(21)8-9-15(20)22/h2-10H,1H3,(H,18,19). The van der Waals surface area contributed by atoms with Crippen molar-refractivity contribution in [2.75, 3.05) is 17.3 Å². The van der Waals surface area contributed by atoms with Gasteiger partial charge in [-0.25, -0.2) is 14.7 Å². The molecule has 7 heteroatoms. The van der Waals surface area contributed by atoms with Crippen LogP contribution in [0.1, 0.15) is 10.4 Å². The van der Waals surface area contributed by atoms with Crippen molar-refractivity contribution in [3.63, 3.8) is 0 Å². The Balaban J connectivity index is 1.82. The van der Waals surface area contributed by atoms with Crippen LogP contribution in [0.25, 0.3) is 0 Å². The number of carbonyl (C=O) groups excluding carboxylic acids is 3. The van der Waals surface area contributed by atoms with Crippen LogP contribution in [0.2, 0.25) is 0 Å². The number of ether oxygens (including phenoxy) is 1. The van der Waals surface area contributed by atoms with Crippen molar-refractivity contribution in [2.45, 2.75) is 0 Å². The van der Waals surface area contributed by atoms with E-state index < -0.39 is 5.97 Å². The molecule has 120 valence electrons. The Labute approximate surface area is 137 Å². The van der Waals surface area contributed by atoms with E-state index in [1.165, 1.54) is 19.3 Å². The van der Waals surface area contributed by atoms with E-state index in [0.29, 0.717) is 22.8 Å². The van der Waals surface area contributed by atoms with Crippen LogP contribution in [0.15, 0.2) is 54.7 Å². The second kappa shape index (κ2) is 6.33. The summed E-state index contributed by atoms with van der Waals surface area (Å²) in [5.41, 5.74) is 1.42. The number of hydrogen-bond donors (Lipinski definition) is 1. The lowest BCUT2D eigenvalue weighted by molar-refractivity contribution is -0.119. The van der Waals surface area contributed by atoms with Crippen LogP contribution in [0, 0.1) is 0 Å². The van der Waals surface area contributed by atoms with Crippen LogP contribution in [-0.2, 0) is 14.3 Å². The minimum absolute atomic E-state index is 0.304. The lowest BCUT2D eigenvalue weighted by Gasteiger charge is -2.15. The number of rotatable bonds is 4. The number of methoxy groups -OCH3 is 1. The zero-order valence-electron chi connectivity index (χ0n) is 12.7. The summed E-state index contributed by atoms with van der Waals surface area (Å²) in [5.74, 6) is -0.898. The Morgan fingerprint density at radius 3 is 2.38 bits per heavy atom. The molecular weight excluding hydrogens is 310 g/mol. The summed E-state index contributed by atoms with van der Waals surface area (Å²) >= 11 is 0. The molecule has 0 unspecified atom stereocenters. The summed E-state index contributed by atoms with van der Waals surface area (Å²) in [7, 11) is 1.30. The second-order valence-electron chi connectivity index (χ2n) is 4.91. The molecule has 0 bridgehead atoms. The van der Waals surface area contributed by atoms with Gasteiger partial charge in [0.1, 0.15) is 11.4 Å². The van der Waals surface area contributed by atoms with Gasteiger partial charge in [-0.2, -0.15) is 0 Å². The van der Waals surface area contributed by atoms with E-state index in [0.717, 1.165) is 4.90 Å². The van der Waals surface area contributed by atoms with Gasteiger partial charge in [0.25, 0.3) is 11.8 Å². The maximum absolute atomic E-state index is 11.7. The minimum Gasteiger partial charge on any atom is -0.465 e. The molecule has 1 aliphatic rings. The van der Waals surface area contributed by atoms with Crippen LogP contribution in [0.3, 0.4) is 0 Å². The van der Waals surface area contributed by atoms with Gasteiger partial charge >= 0.3 is 5.97 Å². The number of carbonyl (C=O) groups is 3. The summed E-state index contributed by atoms with van der Waals surface area (Å²) in [5, 5.41) is 3.01. The highest BCUT2D eigenvalue weighted by molar-refractivity contribution is 6.28. The molecule has 1 aromatic heterocycles. The summed E-state index contributed by atoms with van der Waals surface area (Å²) in [6, 6.07) is 9.87. The van der Waals surface area contributed by atoms with E-state index in [9.17, 15) is 14.4 Å². The highest BCUT2D eigenvalue weighted by Gasteiger charge is 2.24. The molecule has 3 rings (SSSR count). The maximum Gasteiger partial charge on any atom is 0.341 e. The Bertz CT molecular complexity index is 825. The van der Waals surface area contributed by atoms with Crippen molar-refractivity contribution < 1.29 is 19.1 Å². The third-order valence-corrected chi connectivity index (χ3v) is 3.41. The molecule has 24 heavy (non-hydrogen) atoms. The molecule has 2 heterocycles. The zero-order valence-corrected chi connectivity index (χ0v) is 12.7. The highest BCUT2D eigenvalue weighted by Crippen LogP contribution is 2.24. The fourth-order valence-electron chi connectivity index (χ4n) is 2.26. The summed E-state index contributed by atoms with van der Waals surface area (Å²) in [6.45, 7) is 0. The molecule has 1 N–H and O–H groups in total. The molecule has 2 aromatic rings. The number of hydrogen-bond acceptors (Lipinski definition) is 6. The molecule has 0 saturated carbocycles. The van der Waals surface area contributed by atoms with Crippen LogP contribution < -0.4 is 10.2 Å². The van der Waals surface area contributed by atoms with E-state index in [1.54, 1.807) is 42.6 Å². The van der Waals surface area contributed by atoms with Gasteiger partial charge in [-0.05, 0) is 36.4 Å². The number of benzene rings is 1. The molecule has 0 radical (unpaired) electrons. The molecule has 0 atom stereocenters. The molecule has 2 amide bonds. The Morgan fingerprint density at radius 2 is 1.75 bits per heavy atom. The molecule has 0 saturated heterocycles. The molecule has 1 aliphatic heterocycles. The van der Waals surface area contributed by atoms with Gasteiger partial charge in [0, 0.05) is 24.0 Å². The average Bonchev–Trinajstić information content (AvgIpc) is 2.94. The van der Waals surface area contributed by atoms with Crippen LogP contribution in [-0.4, -0.2) is 29.9 Å². The molecule has 7 nitrogen and oxygen atoms in total. The smallest absolute Gasteiger partial charge is 0.341 e. The SMILES string of the molecule is COC(=O)c1cccnc1Nc1ccc(N2C(=O)C=CC2=O)cc1. The molecular formula is C17H13N3O4. The number of imide groups is 1. The zero-order chi connectivity index (χ0) is 17.1. The molecule has 1 aromatic carbocycles. The largest absolute Gasteiger partial charge is 0.465 e. The van der Waals surface area contributed by atoms with Crippen molar-refractivity contribution in [3.8, 4) is 0 Å². The fraction of sp³-hybridized carbons (Fsp3) is 0.0588. The normalized spacial score (nSPS) is 13.3. The maximum atomic E-state index is 11.7. The average molecular weight is 323 g/mol. The van der Waals surface area contributed by atoms with Gasteiger partial charge in [-0.3, -0.25) is 9.59 Å². The predicted molar refractivity (Wildman–Crippen MR) is 86.9 cm³/mol. The van der Waals surface area contributed by atoms with E-state index in [4.69, 9.17) is 4.74 Å². The van der Waals surface area contributed by atoms with E-state index in [-0.39, 0.29) is 11.8 Å². The van der Waals surface area contributed by atoms with Gasteiger partial charge < -0.3 is 10.1 Å². The first-order chi connectivity index (χ1) is 11.6. The lowest BCUT2D eigenvalue weighted by atomic mass is 10.2. The number of esters is 1. The first-order valence-electron chi connectivity index (χ1n) is 7.06. The van der Waals surface area contributed by atoms with Crippen molar-refractivity contribution in [3.05, 3.63) is 60.3 Å². The number of nitrogens with one attached hydrogen (secondary N) is 1. The topological polar surface area (TPSA) is 88.6 Å². The molecule has 0 spiro atoms. The molecule has 0 fully saturated rings. The summed E-state index contributed by atoms with van der Waals surface area (Å²) in [4.78, 5) is 40.2. The number of aromatic nitrogens is 1. The van der Waals surface area contributed by atoms with Crippen molar-refractivity contribution in [2.24, 2.45) is 0 Å². The second-order valence-corrected chi connectivity index (χ2v) is 4.91. The van der Waals surface area contributed by atoms with Gasteiger partial charge in [0.15, 0.2) is 0 Å². The van der Waals surface area contributed by atoms with Crippen molar-refractivity contribution in [1.82, 2.24) is 4.98 Å². The lowest BCUT2D eigenvalue weighted by Crippen LogP contribution is -2.29. The number of anilines is 3. The van der Waals surface area contributed by atoms with Gasteiger partial charge in [0.2, 0.25) is 0 Å². The van der Waals surface area contributed by atoms with Crippen LogP contribution >= 0.6 is 0 Å². The number of nitrogens with zero attached hydrogens (tertiary/aromatic N) is 2. The first kappa shape index (κ1) is 15.4. The minimum atomic E-state index is -0.499. The van der Waals surface area contributed by atoms with E-state index in [1.807, 2.05) is 0 Å². The monoisotopic (exact) mass is 323 g/mol. The summed E-state index contributed by atoms with van der Waals surface area (Å²) < 4.78 is 4.72. The Kier molecular flexibility index (Phi) is 4.07. The van der Waals surface area contributed by atoms with E-state index in [2.05, 4.69) is 10.3 Å². The van der Waals surface area contributed by atoms with Gasteiger partial charge in [-0.1, -0.05) is 0 Å². The van der Waals surface area contributed by atoms with E-state index >= 15 is 0 Å². The Hall–Kier alpha value is -3.48. The van der Waals surface area contributed by atoms with Crippen LogP contribution in [0.4, 0.5) is 17.2 Å². The number of amides is 2. The Morgan fingerprint density at radius 1 is 1.08 bits per heavy atom. The molecule has 0 aliphatic carbocycles. The van der Waals surface area contributed by atoms with Crippen molar-refractivity contribution in [1.29, 1.82) is 0 Å². The highest BCUT2D eigenvalue weighted by atomic mass is 16.5. The van der Waals surface area contributed by atoms with Gasteiger partial charge in [-0.15, -0.1) is 0 Å². The summed E-state index contributed by atoms with van der Waals surface area (Å²) in [6.07, 6.45) is 4.01. The fourth-order valence-corrected chi connectivity index (χ4v) is 2.26. The van der Waals surface area contributed by atoms with Crippen LogP contribution in [0.5, 0.6) is 0 Å². The quantitative estimate of drug-likeness (QED) is 0.684. The third-order valence-electron chi connectivity index (χ3n) is 3.41. The predicted octanol–water partition coefficient (Wildman–Crippen LogP) is 2.04. The number of pyridine rings is 1.